The van der Waals surface area contributed by atoms with Crippen molar-refractivity contribution in [1.82, 2.24) is 19.6 Å². The molecule has 0 spiro atoms. The van der Waals surface area contributed by atoms with Gasteiger partial charge in [-0.2, -0.15) is 5.10 Å². The molecular weight excluding hydrogens is 469 g/mol. The first-order valence-electron chi connectivity index (χ1n) is 8.33. The number of hydrogen-bond donors (Lipinski definition) is 1. The van der Waals surface area contributed by atoms with Crippen LogP contribution in [-0.2, 0) is 0 Å². The maximum Gasteiger partial charge on any atom is 0.185 e. The van der Waals surface area contributed by atoms with Gasteiger partial charge in [0.15, 0.2) is 10.8 Å². The molecule has 0 aliphatic carbocycles. The van der Waals surface area contributed by atoms with Crippen LogP contribution in [0.4, 0.5) is 5.13 Å². The molecule has 5 nitrogen and oxygen atoms in total. The summed E-state index contributed by atoms with van der Waals surface area (Å²) in [5.41, 5.74) is 5.00. The van der Waals surface area contributed by atoms with Crippen LogP contribution >= 0.6 is 45.5 Å². The molecule has 0 radical (unpaired) electrons. The average Bonchev–Trinajstić information content (AvgIpc) is 3.08. The number of thiazole rings is 1. The van der Waals surface area contributed by atoms with Crippen molar-refractivity contribution in [2.24, 2.45) is 0 Å². The minimum atomic E-state index is 0.463. The van der Waals surface area contributed by atoms with Crippen molar-refractivity contribution >= 4 is 56.3 Å². The molecule has 3 heterocycles. The van der Waals surface area contributed by atoms with Crippen molar-refractivity contribution < 1.29 is 0 Å². The minimum Gasteiger partial charge on any atom is -0.353 e. The van der Waals surface area contributed by atoms with E-state index in [2.05, 4.69) is 52.8 Å². The van der Waals surface area contributed by atoms with Gasteiger partial charge < -0.3 is 5.32 Å². The zero-order valence-corrected chi connectivity index (χ0v) is 18.5. The summed E-state index contributed by atoms with van der Waals surface area (Å²) in [6, 6.07) is 2.15. The van der Waals surface area contributed by atoms with E-state index in [0.29, 0.717) is 11.1 Å². The molecule has 0 amide bonds. The highest BCUT2D eigenvalue weighted by Crippen LogP contribution is 2.40. The van der Waals surface area contributed by atoms with Gasteiger partial charge in [0.2, 0.25) is 0 Å². The molecule has 25 heavy (non-hydrogen) atoms. The number of rotatable bonds is 6. The third-order valence-electron chi connectivity index (χ3n) is 4.35. The summed E-state index contributed by atoms with van der Waals surface area (Å²) in [6.45, 7) is 8.48. The molecule has 0 saturated heterocycles. The van der Waals surface area contributed by atoms with E-state index < -0.39 is 0 Å². The van der Waals surface area contributed by atoms with E-state index in [1.807, 2.05) is 18.4 Å². The van der Waals surface area contributed by atoms with Crippen LogP contribution in [-0.4, -0.2) is 24.1 Å². The second-order valence-electron chi connectivity index (χ2n) is 5.98. The molecule has 3 aromatic heterocycles. The van der Waals surface area contributed by atoms with Crippen molar-refractivity contribution in [2.75, 3.05) is 9.87 Å². The molecule has 1 N–H and O–H groups in total. The van der Waals surface area contributed by atoms with E-state index in [4.69, 9.17) is 21.7 Å². The van der Waals surface area contributed by atoms with Gasteiger partial charge in [-0.05, 0) is 32.8 Å². The van der Waals surface area contributed by atoms with Gasteiger partial charge in [0.1, 0.15) is 5.15 Å². The Bertz CT molecular complexity index is 900. The highest BCUT2D eigenvalue weighted by molar-refractivity contribution is 14.1. The summed E-state index contributed by atoms with van der Waals surface area (Å²) in [4.78, 5) is 10.1. The van der Waals surface area contributed by atoms with Crippen LogP contribution in [0.15, 0.2) is 6.07 Å². The second kappa shape index (κ2) is 7.75. The molecule has 3 rings (SSSR count). The fraction of sp³-hybridized carbons (Fsp3) is 0.471. The molecule has 134 valence electrons. The van der Waals surface area contributed by atoms with E-state index in [9.17, 15) is 0 Å². The van der Waals surface area contributed by atoms with Crippen LogP contribution < -0.4 is 5.32 Å². The first kappa shape index (κ1) is 18.8. The van der Waals surface area contributed by atoms with Gasteiger partial charge in [0.25, 0.3) is 0 Å². The predicted molar refractivity (Wildman–Crippen MR) is 114 cm³/mol. The topological polar surface area (TPSA) is 55.1 Å². The fourth-order valence-electron chi connectivity index (χ4n) is 3.12. The van der Waals surface area contributed by atoms with Crippen LogP contribution in [0.3, 0.4) is 0 Å². The third kappa shape index (κ3) is 3.50. The maximum atomic E-state index is 6.43. The molecule has 0 fully saturated rings. The Balaban J connectivity index is 2.25. The quantitative estimate of drug-likeness (QED) is 0.269. The number of alkyl halides is 1. The smallest absolute Gasteiger partial charge is 0.185 e. The number of halogens is 2. The van der Waals surface area contributed by atoms with Gasteiger partial charge in [0.05, 0.1) is 20.7 Å². The Hall–Kier alpha value is -0.930. The van der Waals surface area contributed by atoms with Crippen molar-refractivity contribution in [2.45, 2.75) is 46.5 Å². The number of anilines is 1. The SMILES string of the molecule is CCC(CC)c1cc(C)nc2c(-c3sc(NCI)nc3Cl)c(C)nn12. The van der Waals surface area contributed by atoms with Crippen LogP contribution in [0.5, 0.6) is 0 Å². The summed E-state index contributed by atoms with van der Waals surface area (Å²) >= 11 is 10.2. The van der Waals surface area contributed by atoms with Crippen molar-refractivity contribution in [3.05, 3.63) is 28.3 Å². The number of fused-ring (bicyclic) bond motifs is 1. The summed E-state index contributed by atoms with van der Waals surface area (Å²) in [6.07, 6.45) is 2.16. The molecule has 0 bridgehead atoms. The minimum absolute atomic E-state index is 0.463. The van der Waals surface area contributed by atoms with Crippen LogP contribution in [0.1, 0.15) is 49.7 Å². The van der Waals surface area contributed by atoms with Gasteiger partial charge >= 0.3 is 0 Å². The zero-order valence-electron chi connectivity index (χ0n) is 14.7. The first-order chi connectivity index (χ1) is 12.0. The van der Waals surface area contributed by atoms with Crippen molar-refractivity contribution in [1.29, 1.82) is 0 Å². The lowest BCUT2D eigenvalue weighted by atomic mass is 9.98. The maximum absolute atomic E-state index is 6.43. The molecule has 8 heteroatoms. The summed E-state index contributed by atoms with van der Waals surface area (Å²) in [5, 5.41) is 9.34. The van der Waals surface area contributed by atoms with E-state index in [1.165, 1.54) is 5.69 Å². The van der Waals surface area contributed by atoms with E-state index in [-0.39, 0.29) is 0 Å². The predicted octanol–water partition coefficient (Wildman–Crippen LogP) is 5.83. The van der Waals surface area contributed by atoms with Gasteiger partial charge in [-0.25, -0.2) is 14.5 Å². The molecule has 0 aliphatic rings. The summed E-state index contributed by atoms with van der Waals surface area (Å²) < 4.78 is 2.78. The molecule has 0 unspecified atom stereocenters. The molecule has 3 aromatic rings. The Kier molecular flexibility index (Phi) is 5.85. The lowest BCUT2D eigenvalue weighted by Crippen LogP contribution is -2.07. The normalized spacial score (nSPS) is 11.6. The van der Waals surface area contributed by atoms with Gasteiger partial charge in [-0.15, -0.1) is 0 Å². The highest BCUT2D eigenvalue weighted by Gasteiger charge is 2.23. The van der Waals surface area contributed by atoms with Crippen LogP contribution in [0.2, 0.25) is 5.15 Å². The summed E-state index contributed by atoms with van der Waals surface area (Å²) in [5.74, 6) is 0.463. The second-order valence-corrected chi connectivity index (χ2v) is 8.10. The molecular formula is C17H21ClIN5S. The van der Waals surface area contributed by atoms with Gasteiger partial charge in [0, 0.05) is 17.3 Å². The molecule has 0 aliphatic heterocycles. The number of aryl methyl sites for hydroxylation is 2. The number of aromatic nitrogens is 4. The monoisotopic (exact) mass is 489 g/mol. The van der Waals surface area contributed by atoms with Crippen LogP contribution in [0, 0.1) is 13.8 Å². The summed E-state index contributed by atoms with van der Waals surface area (Å²) in [7, 11) is 0. The Labute approximate surface area is 170 Å². The Morgan fingerprint density at radius 2 is 2.00 bits per heavy atom. The Morgan fingerprint density at radius 3 is 2.64 bits per heavy atom. The number of nitrogens with zero attached hydrogens (tertiary/aromatic N) is 4. The lowest BCUT2D eigenvalue weighted by Gasteiger charge is -2.15. The fourth-order valence-corrected chi connectivity index (χ4v) is 5.04. The van der Waals surface area contributed by atoms with Gasteiger partial charge in [-0.1, -0.05) is 59.4 Å². The van der Waals surface area contributed by atoms with E-state index in [0.717, 1.165) is 50.0 Å². The van der Waals surface area contributed by atoms with E-state index >= 15 is 0 Å². The Morgan fingerprint density at radius 1 is 1.28 bits per heavy atom. The first-order valence-corrected chi connectivity index (χ1v) is 11.1. The standard InChI is InChI=1S/C17H21ClIN5S/c1-5-11(6-2)12-7-9(3)21-16-13(10(4)23-24(12)16)14-15(18)22-17(25-14)20-8-19/h7,11H,5-6,8H2,1-4H3,(H,20,22). The van der Waals surface area contributed by atoms with Gasteiger partial charge in [-0.3, -0.25) is 0 Å². The van der Waals surface area contributed by atoms with E-state index in [1.54, 1.807) is 11.3 Å². The number of nitrogens with one attached hydrogen (secondary N) is 1. The highest BCUT2D eigenvalue weighted by atomic mass is 127. The average molecular weight is 490 g/mol. The van der Waals surface area contributed by atoms with Crippen molar-refractivity contribution in [3.63, 3.8) is 0 Å². The third-order valence-corrected chi connectivity index (χ3v) is 6.15. The van der Waals surface area contributed by atoms with Crippen molar-refractivity contribution in [3.8, 4) is 10.4 Å². The zero-order chi connectivity index (χ0) is 18.1. The van der Waals surface area contributed by atoms with Crippen LogP contribution in [0.25, 0.3) is 16.1 Å². The molecule has 0 atom stereocenters. The largest absolute Gasteiger partial charge is 0.353 e. The molecule has 0 saturated carbocycles. The number of hydrogen-bond acceptors (Lipinski definition) is 5. The lowest BCUT2D eigenvalue weighted by molar-refractivity contribution is 0.598. The molecule has 0 aromatic carbocycles.